The van der Waals surface area contributed by atoms with Gasteiger partial charge in [0, 0.05) is 25.9 Å². The molecule has 0 saturated carbocycles. The summed E-state index contributed by atoms with van der Waals surface area (Å²) < 4.78 is 17.4. The van der Waals surface area contributed by atoms with Gasteiger partial charge in [0.15, 0.2) is 0 Å². The molecule has 0 aromatic rings. The summed E-state index contributed by atoms with van der Waals surface area (Å²) in [5, 5.41) is 0. The van der Waals surface area contributed by atoms with Gasteiger partial charge in [-0.05, 0) is 27.2 Å². The van der Waals surface area contributed by atoms with Gasteiger partial charge in [-0.15, -0.1) is 0 Å². The number of allylic oxidation sites excluding steroid dienone is 4. The Morgan fingerprint density at radius 2 is 1.62 bits per heavy atom. The first-order valence-corrected chi connectivity index (χ1v) is 7.96. The minimum Gasteiger partial charge on any atom is -0.374 e. The molecule has 0 N–H and O–H groups in total. The minimum absolute atomic E-state index is 0.646. The summed E-state index contributed by atoms with van der Waals surface area (Å²) >= 11 is 0. The van der Waals surface area contributed by atoms with Crippen LogP contribution in [-0.4, -0.2) is 28.6 Å². The average Bonchev–Trinajstić information content (AvgIpc) is 2.71. The maximum Gasteiger partial charge on any atom is 0.505 e. The van der Waals surface area contributed by atoms with Crippen LogP contribution in [0.2, 0.25) is 6.04 Å². The van der Waals surface area contributed by atoms with Gasteiger partial charge in [0.2, 0.25) is 0 Å². The van der Waals surface area contributed by atoms with E-state index in [0.717, 1.165) is 12.5 Å². The van der Waals surface area contributed by atoms with Gasteiger partial charge in [0.05, 0.1) is 0 Å². The Labute approximate surface area is 99.5 Å². The molecular weight excluding hydrogens is 220 g/mol. The van der Waals surface area contributed by atoms with Crippen LogP contribution in [0.4, 0.5) is 0 Å². The molecular formula is C12H22O3Si. The van der Waals surface area contributed by atoms with Crippen molar-refractivity contribution in [3.8, 4) is 0 Å². The normalized spacial score (nSPS) is 15.6. The molecule has 0 spiro atoms. The van der Waals surface area contributed by atoms with Crippen LogP contribution in [0.1, 0.15) is 27.2 Å². The van der Waals surface area contributed by atoms with Crippen molar-refractivity contribution in [1.29, 1.82) is 0 Å². The summed E-state index contributed by atoms with van der Waals surface area (Å²) in [4.78, 5) is 0. The predicted molar refractivity (Wildman–Crippen MR) is 67.3 cm³/mol. The highest BCUT2D eigenvalue weighted by atomic mass is 28.4. The molecule has 0 aliphatic heterocycles. The van der Waals surface area contributed by atoms with Crippen molar-refractivity contribution in [2.45, 2.75) is 33.2 Å². The van der Waals surface area contributed by atoms with Crippen LogP contribution in [0.25, 0.3) is 0 Å². The van der Waals surface area contributed by atoms with Crippen molar-refractivity contribution in [1.82, 2.24) is 0 Å². The van der Waals surface area contributed by atoms with E-state index < -0.39 is 8.80 Å². The second-order valence-corrected chi connectivity index (χ2v) is 6.20. The third kappa shape index (κ3) is 3.86. The lowest BCUT2D eigenvalue weighted by Crippen LogP contribution is -2.46. The van der Waals surface area contributed by atoms with E-state index >= 15 is 0 Å². The van der Waals surface area contributed by atoms with Crippen molar-refractivity contribution in [3.05, 3.63) is 23.8 Å². The Hall–Kier alpha value is -0.423. The van der Waals surface area contributed by atoms with Crippen molar-refractivity contribution >= 4 is 8.80 Å². The summed E-state index contributed by atoms with van der Waals surface area (Å²) in [5.41, 5.74) is 1.35. The number of rotatable bonds is 8. The first-order chi connectivity index (χ1) is 7.76. The van der Waals surface area contributed by atoms with E-state index in [-0.39, 0.29) is 0 Å². The van der Waals surface area contributed by atoms with Crippen molar-refractivity contribution < 1.29 is 13.3 Å². The molecule has 16 heavy (non-hydrogen) atoms. The highest BCUT2D eigenvalue weighted by Crippen LogP contribution is 2.25. The van der Waals surface area contributed by atoms with Gasteiger partial charge in [0.1, 0.15) is 0 Å². The Morgan fingerprint density at radius 3 is 2.00 bits per heavy atom. The lowest BCUT2D eigenvalue weighted by Gasteiger charge is -2.28. The van der Waals surface area contributed by atoms with Crippen LogP contribution in [0.5, 0.6) is 0 Å². The molecule has 0 atom stereocenters. The fourth-order valence-electron chi connectivity index (χ4n) is 1.84. The number of hydrogen-bond acceptors (Lipinski definition) is 3. The van der Waals surface area contributed by atoms with Crippen LogP contribution >= 0.6 is 0 Å². The van der Waals surface area contributed by atoms with Gasteiger partial charge in [-0.1, -0.05) is 23.8 Å². The minimum atomic E-state index is -2.47. The highest BCUT2D eigenvalue weighted by molar-refractivity contribution is 6.61. The monoisotopic (exact) mass is 242 g/mol. The van der Waals surface area contributed by atoms with E-state index in [1.54, 1.807) is 0 Å². The first-order valence-electron chi connectivity index (χ1n) is 6.02. The zero-order valence-electron chi connectivity index (χ0n) is 10.5. The molecule has 0 bridgehead atoms. The van der Waals surface area contributed by atoms with E-state index in [9.17, 15) is 0 Å². The average molecular weight is 242 g/mol. The third-order valence-electron chi connectivity index (χ3n) is 2.38. The summed E-state index contributed by atoms with van der Waals surface area (Å²) in [6, 6.07) is 0.815. The predicted octanol–water partition coefficient (Wildman–Crippen LogP) is 2.92. The molecule has 0 saturated heterocycles. The van der Waals surface area contributed by atoms with E-state index in [2.05, 4.69) is 18.2 Å². The molecule has 0 radical (unpaired) electrons. The molecule has 0 unspecified atom stereocenters. The maximum atomic E-state index is 5.80. The summed E-state index contributed by atoms with van der Waals surface area (Å²) in [6.07, 6.45) is 7.37. The lowest BCUT2D eigenvalue weighted by atomic mass is 10.3. The molecule has 0 amide bonds. The Bertz CT molecular complexity index is 244. The summed E-state index contributed by atoms with van der Waals surface area (Å²) in [5.74, 6) is 0. The fraction of sp³-hybridized carbons (Fsp3) is 0.667. The molecule has 0 fully saturated rings. The van der Waals surface area contributed by atoms with Gasteiger partial charge in [-0.25, -0.2) is 0 Å². The molecule has 0 aromatic carbocycles. The molecule has 1 aliphatic rings. The van der Waals surface area contributed by atoms with E-state index in [1.807, 2.05) is 20.8 Å². The van der Waals surface area contributed by atoms with Crippen LogP contribution in [0.15, 0.2) is 23.8 Å². The molecule has 0 heterocycles. The standard InChI is InChI=1S/C12H22O3Si/c1-4-13-16(14-5-2,15-6-3)11-12-9-7-8-10-12/h7-9H,4-6,10-11H2,1-3H3. The molecule has 3 nitrogen and oxygen atoms in total. The molecule has 1 rings (SSSR count). The van der Waals surface area contributed by atoms with Crippen LogP contribution in [0.3, 0.4) is 0 Å². The van der Waals surface area contributed by atoms with Crippen LogP contribution < -0.4 is 0 Å². The first kappa shape index (κ1) is 13.6. The third-order valence-corrected chi connectivity index (χ3v) is 5.46. The quantitative estimate of drug-likeness (QED) is 0.613. The van der Waals surface area contributed by atoms with E-state index in [1.165, 1.54) is 5.57 Å². The number of hydrogen-bond donors (Lipinski definition) is 0. The van der Waals surface area contributed by atoms with Crippen molar-refractivity contribution in [2.75, 3.05) is 19.8 Å². The zero-order chi connectivity index (χ0) is 11.9. The van der Waals surface area contributed by atoms with Gasteiger partial charge >= 0.3 is 8.80 Å². The molecule has 92 valence electrons. The Kier molecular flexibility index (Phi) is 5.98. The zero-order valence-corrected chi connectivity index (χ0v) is 11.5. The topological polar surface area (TPSA) is 27.7 Å². The largest absolute Gasteiger partial charge is 0.505 e. The second-order valence-electron chi connectivity index (χ2n) is 3.62. The lowest BCUT2D eigenvalue weighted by molar-refractivity contribution is 0.0735. The molecule has 1 aliphatic carbocycles. The second kappa shape index (κ2) is 7.01. The van der Waals surface area contributed by atoms with E-state index in [4.69, 9.17) is 13.3 Å². The highest BCUT2D eigenvalue weighted by Gasteiger charge is 2.41. The summed E-state index contributed by atoms with van der Waals surface area (Å²) in [6.45, 7) is 7.90. The van der Waals surface area contributed by atoms with Crippen molar-refractivity contribution in [2.24, 2.45) is 0 Å². The van der Waals surface area contributed by atoms with Gasteiger partial charge in [-0.2, -0.15) is 0 Å². The SMILES string of the molecule is CCO[Si](CC1=CC=CC1)(OCC)OCC. The smallest absolute Gasteiger partial charge is 0.374 e. The Morgan fingerprint density at radius 1 is 1.06 bits per heavy atom. The van der Waals surface area contributed by atoms with Crippen LogP contribution in [-0.2, 0) is 13.3 Å². The van der Waals surface area contributed by atoms with Gasteiger partial charge in [0.25, 0.3) is 0 Å². The van der Waals surface area contributed by atoms with Gasteiger partial charge < -0.3 is 13.3 Å². The fourth-order valence-corrected chi connectivity index (χ4v) is 4.53. The Balaban J connectivity index is 2.65. The summed E-state index contributed by atoms with van der Waals surface area (Å²) in [7, 11) is -2.47. The van der Waals surface area contributed by atoms with E-state index in [0.29, 0.717) is 19.8 Å². The maximum absolute atomic E-state index is 5.80. The molecule has 0 aromatic heterocycles. The van der Waals surface area contributed by atoms with Gasteiger partial charge in [-0.3, -0.25) is 0 Å². The molecule has 4 heteroatoms. The van der Waals surface area contributed by atoms with Crippen molar-refractivity contribution in [3.63, 3.8) is 0 Å². The van der Waals surface area contributed by atoms with Crippen LogP contribution in [0, 0.1) is 0 Å².